The van der Waals surface area contributed by atoms with E-state index in [9.17, 15) is 13.2 Å². The fraction of sp³-hybridized carbons (Fsp3) is 0.342. The van der Waals surface area contributed by atoms with E-state index in [0.29, 0.717) is 34.1 Å². The highest BCUT2D eigenvalue weighted by Crippen LogP contribution is 2.28. The van der Waals surface area contributed by atoms with Crippen LogP contribution >= 0.6 is 23.2 Å². The number of aromatic amines is 1. The molecule has 1 saturated carbocycles. The number of halogens is 2. The van der Waals surface area contributed by atoms with Crippen LogP contribution in [-0.2, 0) is 14.8 Å². The Bertz CT molecular complexity index is 2320. The summed E-state index contributed by atoms with van der Waals surface area (Å²) in [6.45, 7) is 3.50. The summed E-state index contributed by atoms with van der Waals surface area (Å²) in [5.74, 6) is 1.54. The largest absolute Gasteiger partial charge is 0.376 e. The van der Waals surface area contributed by atoms with Crippen LogP contribution in [0.25, 0.3) is 22.1 Å². The van der Waals surface area contributed by atoms with Crippen LogP contribution in [-0.4, -0.2) is 79.8 Å². The number of aromatic nitrogens is 6. The minimum Gasteiger partial charge on any atom is -0.376 e. The zero-order valence-electron chi connectivity index (χ0n) is 29.8. The lowest BCUT2D eigenvalue weighted by molar-refractivity contribution is -0.130. The molecule has 0 radical (unpaired) electrons. The van der Waals surface area contributed by atoms with Gasteiger partial charge in [0.25, 0.3) is 10.0 Å². The monoisotopic (exact) mass is 788 g/mol. The van der Waals surface area contributed by atoms with Crippen molar-refractivity contribution in [1.82, 2.24) is 33.8 Å². The number of anilines is 3. The van der Waals surface area contributed by atoms with Crippen molar-refractivity contribution in [3.63, 3.8) is 0 Å². The van der Waals surface area contributed by atoms with Crippen molar-refractivity contribution >= 4 is 78.5 Å². The first-order valence-electron chi connectivity index (χ1n) is 18.1. The number of hydrogen-bond acceptors (Lipinski definition) is 10. The molecule has 1 atom stereocenters. The minimum absolute atomic E-state index is 0.0390. The van der Waals surface area contributed by atoms with Gasteiger partial charge in [0.1, 0.15) is 29.9 Å². The second kappa shape index (κ2) is 16.6. The van der Waals surface area contributed by atoms with Gasteiger partial charge in [0, 0.05) is 53.3 Å². The molecule has 1 amide bonds. The molecule has 4 N–H and O–H groups in total. The zero-order chi connectivity index (χ0) is 37.7. The van der Waals surface area contributed by atoms with Crippen LogP contribution < -0.4 is 16.0 Å². The number of fused-ring (bicyclic) bond motifs is 2. The molecular formula is C38H42Cl2N10O3S. The standard InChI is InChI=1S/C19H20Cl2N6O.C19H22N4O2S/c20-12-6-13(21)8-15(7-12)23-9-17(28)27-5-1-2-14(10-27)26-19-16-3-4-22-18(16)24-11-25-19;1-14-7-9-16(10-8-14)26(24,25)23-12-11-17-18(20-13-21-19(17)23)22-15-5-3-2-4-6-15/h3-4,6-8,11,14,23H,1-2,5,9-10H2,(H2,22,24,25,26);7-13,15H,2-6H2,1H3,(H,20,21,22)/t14-;/m1./s1. The van der Waals surface area contributed by atoms with Crippen molar-refractivity contribution in [3.8, 4) is 0 Å². The Hall–Kier alpha value is -4.92. The van der Waals surface area contributed by atoms with Crippen LogP contribution in [0.4, 0.5) is 17.3 Å². The molecule has 2 aliphatic rings. The van der Waals surface area contributed by atoms with E-state index in [4.69, 9.17) is 23.2 Å². The van der Waals surface area contributed by atoms with Crippen LogP contribution in [0.15, 0.2) is 84.5 Å². The summed E-state index contributed by atoms with van der Waals surface area (Å²) in [5, 5.41) is 12.8. The molecule has 1 aliphatic heterocycles. The van der Waals surface area contributed by atoms with E-state index in [1.807, 2.05) is 24.1 Å². The highest BCUT2D eigenvalue weighted by Gasteiger charge is 2.25. The lowest BCUT2D eigenvalue weighted by Crippen LogP contribution is -2.47. The molecule has 0 bridgehead atoms. The van der Waals surface area contributed by atoms with Gasteiger partial charge in [0.2, 0.25) is 5.91 Å². The maximum Gasteiger partial charge on any atom is 0.269 e. The zero-order valence-corrected chi connectivity index (χ0v) is 32.1. The first kappa shape index (κ1) is 37.4. The Morgan fingerprint density at radius 3 is 2.28 bits per heavy atom. The molecule has 2 aromatic carbocycles. The van der Waals surface area contributed by atoms with E-state index in [-0.39, 0.29) is 23.4 Å². The van der Waals surface area contributed by atoms with E-state index < -0.39 is 10.0 Å². The van der Waals surface area contributed by atoms with Crippen molar-refractivity contribution in [2.24, 2.45) is 0 Å². The Balaban J connectivity index is 0.000000167. The molecule has 1 aliphatic carbocycles. The van der Waals surface area contributed by atoms with E-state index in [1.54, 1.807) is 54.7 Å². The van der Waals surface area contributed by atoms with E-state index >= 15 is 0 Å². The second-order valence-electron chi connectivity index (χ2n) is 13.7. The lowest BCUT2D eigenvalue weighted by atomic mass is 9.95. The third-order valence-electron chi connectivity index (χ3n) is 9.75. The molecule has 1 saturated heterocycles. The predicted octanol–water partition coefficient (Wildman–Crippen LogP) is 7.50. The average molecular weight is 790 g/mol. The number of hydrogen-bond donors (Lipinski definition) is 4. The van der Waals surface area contributed by atoms with Crippen LogP contribution in [0.2, 0.25) is 10.0 Å². The quantitative estimate of drug-likeness (QED) is 0.115. The third-order valence-corrected chi connectivity index (χ3v) is 11.9. The fourth-order valence-electron chi connectivity index (χ4n) is 6.95. The Kier molecular flexibility index (Phi) is 11.5. The van der Waals surface area contributed by atoms with Crippen molar-refractivity contribution in [3.05, 3.63) is 95.3 Å². The van der Waals surface area contributed by atoms with Crippen molar-refractivity contribution < 1.29 is 13.2 Å². The first-order valence-corrected chi connectivity index (χ1v) is 20.3. The molecule has 4 aromatic heterocycles. The van der Waals surface area contributed by atoms with Crippen molar-refractivity contribution in [2.45, 2.75) is 68.8 Å². The van der Waals surface area contributed by atoms with Crippen molar-refractivity contribution in [2.75, 3.05) is 35.6 Å². The summed E-state index contributed by atoms with van der Waals surface area (Å²) in [6, 6.07) is 16.2. The van der Waals surface area contributed by atoms with Gasteiger partial charge in [-0.15, -0.1) is 0 Å². The summed E-state index contributed by atoms with van der Waals surface area (Å²) in [7, 11) is -3.69. The molecule has 2 fully saturated rings. The minimum atomic E-state index is -3.69. The molecule has 6 aromatic rings. The van der Waals surface area contributed by atoms with Crippen LogP contribution in [0.1, 0.15) is 50.5 Å². The number of piperidine rings is 1. The van der Waals surface area contributed by atoms with Gasteiger partial charge >= 0.3 is 0 Å². The predicted molar refractivity (Wildman–Crippen MR) is 214 cm³/mol. The molecular weight excluding hydrogens is 747 g/mol. The van der Waals surface area contributed by atoms with Crippen LogP contribution in [0.3, 0.4) is 0 Å². The van der Waals surface area contributed by atoms with Gasteiger partial charge in [-0.25, -0.2) is 32.3 Å². The maximum atomic E-state index is 13.0. The fourth-order valence-corrected chi connectivity index (χ4v) is 8.78. The summed E-state index contributed by atoms with van der Waals surface area (Å²) >= 11 is 12.0. The number of H-pyrrole nitrogens is 1. The van der Waals surface area contributed by atoms with Gasteiger partial charge in [-0.2, -0.15) is 0 Å². The number of carbonyl (C=O) groups is 1. The number of aryl methyl sites for hydroxylation is 1. The average Bonchev–Trinajstić information content (AvgIpc) is 3.84. The summed E-state index contributed by atoms with van der Waals surface area (Å²) in [5.41, 5.74) is 2.94. The number of nitrogens with zero attached hydrogens (tertiary/aromatic N) is 6. The highest BCUT2D eigenvalue weighted by molar-refractivity contribution is 7.90. The van der Waals surface area contributed by atoms with Crippen molar-refractivity contribution in [1.29, 1.82) is 0 Å². The lowest BCUT2D eigenvalue weighted by Gasteiger charge is -2.33. The van der Waals surface area contributed by atoms with Gasteiger partial charge in [-0.05, 0) is 75.1 Å². The van der Waals surface area contributed by atoms with Crippen LogP contribution in [0, 0.1) is 6.92 Å². The molecule has 13 nitrogen and oxygen atoms in total. The Morgan fingerprint density at radius 1 is 0.833 bits per heavy atom. The molecule has 5 heterocycles. The number of nitrogens with one attached hydrogen (secondary N) is 4. The van der Waals surface area contributed by atoms with Gasteiger partial charge in [0.15, 0.2) is 5.65 Å². The van der Waals surface area contributed by atoms with Gasteiger partial charge in [0.05, 0.1) is 22.2 Å². The third kappa shape index (κ3) is 8.72. The summed E-state index contributed by atoms with van der Waals surface area (Å²) in [6.07, 6.45) is 14.2. The SMILES string of the molecule is Cc1ccc(S(=O)(=O)n2ccc3c(NC4CCCCC4)ncnc32)cc1.O=C(CNc1cc(Cl)cc(Cl)c1)N1CCC[C@@H](Nc2ncnc3[nH]ccc23)C1. The molecule has 282 valence electrons. The summed E-state index contributed by atoms with van der Waals surface area (Å²) in [4.78, 5) is 35.0. The number of rotatable bonds is 9. The number of carbonyl (C=O) groups excluding carboxylic acids is 1. The summed E-state index contributed by atoms with van der Waals surface area (Å²) < 4.78 is 27.2. The van der Waals surface area contributed by atoms with E-state index in [1.165, 1.54) is 35.9 Å². The van der Waals surface area contributed by atoms with E-state index in [0.717, 1.165) is 65.7 Å². The van der Waals surface area contributed by atoms with Gasteiger partial charge in [-0.1, -0.05) is 60.2 Å². The Morgan fingerprint density at radius 2 is 1.52 bits per heavy atom. The number of benzene rings is 2. The van der Waals surface area contributed by atoms with Gasteiger partial charge < -0.3 is 25.8 Å². The number of likely N-dealkylation sites (tertiary alicyclic amines) is 1. The first-order chi connectivity index (χ1) is 26.1. The van der Waals surface area contributed by atoms with Crippen LogP contribution in [0.5, 0.6) is 0 Å². The molecule has 0 spiro atoms. The molecule has 0 unspecified atom stereocenters. The maximum absolute atomic E-state index is 13.0. The number of amides is 1. The highest BCUT2D eigenvalue weighted by atomic mass is 35.5. The molecule has 16 heteroatoms. The normalized spacial score (nSPS) is 16.5. The second-order valence-corrected chi connectivity index (χ2v) is 16.4. The molecule has 54 heavy (non-hydrogen) atoms. The molecule has 8 rings (SSSR count). The Labute approximate surface area is 324 Å². The van der Waals surface area contributed by atoms with E-state index in [2.05, 4.69) is 40.9 Å². The van der Waals surface area contributed by atoms with Gasteiger partial charge in [-0.3, -0.25) is 4.79 Å². The topological polar surface area (TPSA) is 163 Å². The smallest absolute Gasteiger partial charge is 0.269 e.